The van der Waals surface area contributed by atoms with Gasteiger partial charge in [-0.25, -0.2) is 0 Å². The van der Waals surface area contributed by atoms with Crippen LogP contribution in [0.5, 0.6) is 0 Å². The molecule has 5 nitrogen and oxygen atoms in total. The average molecular weight is 224 g/mol. The van der Waals surface area contributed by atoms with Gasteiger partial charge in [0.15, 0.2) is 5.69 Å². The van der Waals surface area contributed by atoms with Crippen LogP contribution in [0.15, 0.2) is 16.9 Å². The summed E-state index contributed by atoms with van der Waals surface area (Å²) >= 11 is 0. The predicted octanol–water partition coefficient (Wildman–Crippen LogP) is 0.957. The summed E-state index contributed by atoms with van der Waals surface area (Å²) in [5.74, 6) is -0.242. The van der Waals surface area contributed by atoms with Crippen LogP contribution in [0.3, 0.4) is 0 Å². The predicted molar refractivity (Wildman–Crippen MR) is 56.8 cm³/mol. The molecule has 0 spiro atoms. The summed E-state index contributed by atoms with van der Waals surface area (Å²) in [4.78, 5) is 11.6. The number of nitrogens with zero attached hydrogens (tertiary/aromatic N) is 1. The van der Waals surface area contributed by atoms with Crippen molar-refractivity contribution in [2.24, 2.45) is 5.41 Å². The summed E-state index contributed by atoms with van der Waals surface area (Å²) < 4.78 is 4.60. The fraction of sp³-hybridized carbons (Fsp3) is 0.636. The molecule has 5 heteroatoms. The van der Waals surface area contributed by atoms with Crippen molar-refractivity contribution in [2.45, 2.75) is 25.7 Å². The van der Waals surface area contributed by atoms with E-state index >= 15 is 0 Å². The Labute approximate surface area is 93.8 Å². The van der Waals surface area contributed by atoms with Crippen LogP contribution >= 0.6 is 0 Å². The number of hydrogen-bond acceptors (Lipinski definition) is 4. The van der Waals surface area contributed by atoms with E-state index < -0.39 is 0 Å². The van der Waals surface area contributed by atoms with Gasteiger partial charge >= 0.3 is 0 Å². The standard InChI is InChI=1S/C11H16N2O3/c14-8-11(4-1-2-5-11)7-12-10(15)9-3-6-16-13-9/h3,6,14H,1-2,4-5,7-8H2,(H,12,15). The van der Waals surface area contributed by atoms with E-state index in [0.29, 0.717) is 6.54 Å². The zero-order valence-electron chi connectivity index (χ0n) is 9.11. The number of carbonyl (C=O) groups excluding carboxylic acids is 1. The number of hydrogen-bond donors (Lipinski definition) is 2. The molecule has 0 saturated heterocycles. The van der Waals surface area contributed by atoms with Crippen LogP contribution in [-0.2, 0) is 0 Å². The molecule has 0 aliphatic heterocycles. The molecule has 0 radical (unpaired) electrons. The summed E-state index contributed by atoms with van der Waals surface area (Å²) in [6.45, 7) is 0.640. The Morgan fingerprint density at radius 1 is 1.56 bits per heavy atom. The minimum absolute atomic E-state index is 0.126. The third-order valence-electron chi connectivity index (χ3n) is 3.29. The first kappa shape index (κ1) is 11.1. The lowest BCUT2D eigenvalue weighted by Crippen LogP contribution is -2.38. The molecule has 1 heterocycles. The highest BCUT2D eigenvalue weighted by Crippen LogP contribution is 2.36. The Bertz CT molecular complexity index is 342. The summed E-state index contributed by atoms with van der Waals surface area (Å²) in [6.07, 6.45) is 5.57. The minimum atomic E-state index is -0.242. The summed E-state index contributed by atoms with van der Waals surface area (Å²) in [7, 11) is 0. The van der Waals surface area contributed by atoms with E-state index in [4.69, 9.17) is 0 Å². The van der Waals surface area contributed by atoms with Gasteiger partial charge in [0.2, 0.25) is 0 Å². The highest BCUT2D eigenvalue weighted by atomic mass is 16.5. The molecule has 2 rings (SSSR count). The molecule has 1 aliphatic carbocycles. The number of amides is 1. The molecule has 1 saturated carbocycles. The van der Waals surface area contributed by atoms with Crippen LogP contribution in [0.25, 0.3) is 0 Å². The molecule has 1 fully saturated rings. The van der Waals surface area contributed by atoms with Crippen LogP contribution < -0.4 is 5.32 Å². The Hall–Kier alpha value is -1.36. The van der Waals surface area contributed by atoms with Crippen molar-refractivity contribution in [1.29, 1.82) is 0 Å². The lowest BCUT2D eigenvalue weighted by molar-refractivity contribution is 0.0872. The number of nitrogens with one attached hydrogen (secondary N) is 1. The van der Waals surface area contributed by atoms with Crippen molar-refractivity contribution < 1.29 is 14.4 Å². The molecule has 0 unspecified atom stereocenters. The van der Waals surface area contributed by atoms with Crippen LogP contribution in [0.2, 0.25) is 0 Å². The number of aliphatic hydroxyl groups excluding tert-OH is 1. The maximum absolute atomic E-state index is 11.6. The van der Waals surface area contributed by atoms with Gasteiger partial charge < -0.3 is 14.9 Å². The molecule has 1 aromatic heterocycles. The van der Waals surface area contributed by atoms with Gasteiger partial charge in [-0.05, 0) is 12.8 Å². The molecule has 1 amide bonds. The number of rotatable bonds is 4. The molecule has 1 aromatic rings. The quantitative estimate of drug-likeness (QED) is 0.798. The smallest absolute Gasteiger partial charge is 0.273 e. The zero-order chi connectivity index (χ0) is 11.4. The maximum Gasteiger partial charge on any atom is 0.273 e. The SMILES string of the molecule is O=C(NCC1(CO)CCCC1)c1ccon1. The van der Waals surface area contributed by atoms with Crippen LogP contribution in [0, 0.1) is 5.41 Å². The second kappa shape index (κ2) is 4.65. The van der Waals surface area contributed by atoms with Crippen LogP contribution in [-0.4, -0.2) is 29.3 Å². The first-order chi connectivity index (χ1) is 7.76. The first-order valence-electron chi connectivity index (χ1n) is 5.55. The minimum Gasteiger partial charge on any atom is -0.396 e. The van der Waals surface area contributed by atoms with Gasteiger partial charge in [-0.2, -0.15) is 0 Å². The monoisotopic (exact) mass is 224 g/mol. The Balaban J connectivity index is 1.89. The summed E-state index contributed by atoms with van der Waals surface area (Å²) in [5.41, 5.74) is 0.158. The van der Waals surface area contributed by atoms with E-state index in [2.05, 4.69) is 15.0 Å². The van der Waals surface area contributed by atoms with Gasteiger partial charge in [-0.3, -0.25) is 4.79 Å². The van der Waals surface area contributed by atoms with Crippen molar-refractivity contribution in [1.82, 2.24) is 10.5 Å². The van der Waals surface area contributed by atoms with Crippen molar-refractivity contribution in [3.05, 3.63) is 18.0 Å². The third kappa shape index (κ3) is 2.24. The molecule has 16 heavy (non-hydrogen) atoms. The maximum atomic E-state index is 11.6. The fourth-order valence-electron chi connectivity index (χ4n) is 2.20. The van der Waals surface area contributed by atoms with E-state index in [1.807, 2.05) is 0 Å². The van der Waals surface area contributed by atoms with E-state index in [0.717, 1.165) is 25.7 Å². The fourth-order valence-corrected chi connectivity index (χ4v) is 2.20. The van der Waals surface area contributed by atoms with Gasteiger partial charge in [0, 0.05) is 18.0 Å². The van der Waals surface area contributed by atoms with Crippen molar-refractivity contribution >= 4 is 5.91 Å². The Morgan fingerprint density at radius 2 is 2.31 bits per heavy atom. The van der Waals surface area contributed by atoms with Gasteiger partial charge in [0.25, 0.3) is 5.91 Å². The van der Waals surface area contributed by atoms with Gasteiger partial charge in [0.05, 0.1) is 6.61 Å². The average Bonchev–Trinajstić information content (AvgIpc) is 2.98. The highest BCUT2D eigenvalue weighted by Gasteiger charge is 2.33. The second-order valence-corrected chi connectivity index (χ2v) is 4.43. The first-order valence-corrected chi connectivity index (χ1v) is 5.55. The lowest BCUT2D eigenvalue weighted by atomic mass is 9.87. The van der Waals surface area contributed by atoms with Crippen LogP contribution in [0.1, 0.15) is 36.2 Å². The number of aliphatic hydroxyl groups is 1. The molecular weight excluding hydrogens is 208 g/mol. The Morgan fingerprint density at radius 3 is 2.88 bits per heavy atom. The van der Waals surface area contributed by atoms with Crippen molar-refractivity contribution in [3.8, 4) is 0 Å². The Kier molecular flexibility index (Phi) is 3.24. The van der Waals surface area contributed by atoms with E-state index in [9.17, 15) is 9.90 Å². The van der Waals surface area contributed by atoms with Gasteiger partial charge in [-0.15, -0.1) is 0 Å². The van der Waals surface area contributed by atoms with Gasteiger partial charge in [0.1, 0.15) is 6.26 Å². The molecule has 0 aromatic carbocycles. The third-order valence-corrected chi connectivity index (χ3v) is 3.29. The summed E-state index contributed by atoms with van der Waals surface area (Å²) in [5, 5.41) is 15.7. The molecule has 0 bridgehead atoms. The van der Waals surface area contributed by atoms with Crippen LogP contribution in [0.4, 0.5) is 0 Å². The van der Waals surface area contributed by atoms with E-state index in [1.165, 1.54) is 12.3 Å². The highest BCUT2D eigenvalue weighted by molar-refractivity contribution is 5.91. The topological polar surface area (TPSA) is 75.4 Å². The number of aromatic nitrogens is 1. The second-order valence-electron chi connectivity index (χ2n) is 4.43. The van der Waals surface area contributed by atoms with Crippen molar-refractivity contribution in [3.63, 3.8) is 0 Å². The zero-order valence-corrected chi connectivity index (χ0v) is 9.11. The molecular formula is C11H16N2O3. The molecule has 0 atom stereocenters. The normalized spacial score (nSPS) is 18.6. The van der Waals surface area contributed by atoms with Gasteiger partial charge in [-0.1, -0.05) is 18.0 Å². The molecule has 2 N–H and O–H groups in total. The summed E-state index contributed by atoms with van der Waals surface area (Å²) in [6, 6.07) is 1.52. The molecule has 88 valence electrons. The lowest BCUT2D eigenvalue weighted by Gasteiger charge is -2.26. The van der Waals surface area contributed by atoms with Crippen molar-refractivity contribution in [2.75, 3.05) is 13.2 Å². The largest absolute Gasteiger partial charge is 0.396 e. The van der Waals surface area contributed by atoms with E-state index in [-0.39, 0.29) is 23.6 Å². The number of carbonyl (C=O) groups is 1. The molecule has 1 aliphatic rings. The van der Waals surface area contributed by atoms with E-state index in [1.54, 1.807) is 0 Å².